The molecule has 1 atom stereocenters. The van der Waals surface area contributed by atoms with Gasteiger partial charge in [0.2, 0.25) is 0 Å². The van der Waals surface area contributed by atoms with Gasteiger partial charge in [-0.05, 0) is 31.6 Å². The molecule has 0 heterocycles. The SMILES string of the molecule is C=C(CCCCCCCCC)C(CCCCCC)CCCCCCCC. The maximum Gasteiger partial charge on any atom is -0.0206 e. The van der Waals surface area contributed by atoms with Crippen LogP contribution in [-0.2, 0) is 0 Å². The highest BCUT2D eigenvalue weighted by Crippen LogP contribution is 2.28. The lowest BCUT2D eigenvalue weighted by molar-refractivity contribution is 0.438. The number of allylic oxidation sites excluding steroid dienone is 1. The van der Waals surface area contributed by atoms with E-state index in [2.05, 4.69) is 27.4 Å². The van der Waals surface area contributed by atoms with Crippen molar-refractivity contribution in [2.45, 2.75) is 149 Å². The number of hydrogen-bond donors (Lipinski definition) is 0. The summed E-state index contributed by atoms with van der Waals surface area (Å²) in [7, 11) is 0. The maximum absolute atomic E-state index is 4.53. The number of rotatable bonds is 21. The summed E-state index contributed by atoms with van der Waals surface area (Å²) in [5.74, 6) is 0.818. The van der Waals surface area contributed by atoms with Crippen LogP contribution in [0.3, 0.4) is 0 Å². The maximum atomic E-state index is 4.53. The van der Waals surface area contributed by atoms with Gasteiger partial charge in [0.1, 0.15) is 0 Å². The Labute approximate surface area is 167 Å². The lowest BCUT2D eigenvalue weighted by atomic mass is 9.86. The molecule has 0 radical (unpaired) electrons. The zero-order chi connectivity index (χ0) is 19.3. The molecule has 0 aliphatic rings. The minimum Gasteiger partial charge on any atom is -0.0996 e. The van der Waals surface area contributed by atoms with Crippen LogP contribution in [0, 0.1) is 5.92 Å². The van der Waals surface area contributed by atoms with Gasteiger partial charge in [0.05, 0.1) is 0 Å². The highest BCUT2D eigenvalue weighted by Gasteiger charge is 2.12. The van der Waals surface area contributed by atoms with E-state index in [1.54, 1.807) is 5.57 Å². The Bertz CT molecular complexity index is 278. The molecule has 0 aliphatic heterocycles. The lowest BCUT2D eigenvalue weighted by Gasteiger charge is -2.20. The second-order valence-corrected chi connectivity index (χ2v) is 8.63. The number of unbranched alkanes of at least 4 members (excludes halogenated alkanes) is 14. The monoisotopic (exact) mass is 364 g/mol. The van der Waals surface area contributed by atoms with E-state index in [4.69, 9.17) is 0 Å². The molecule has 156 valence electrons. The Balaban J connectivity index is 3.95. The molecule has 0 fully saturated rings. The van der Waals surface area contributed by atoms with E-state index in [9.17, 15) is 0 Å². The van der Waals surface area contributed by atoms with Crippen molar-refractivity contribution in [3.63, 3.8) is 0 Å². The zero-order valence-corrected chi connectivity index (χ0v) is 18.9. The summed E-state index contributed by atoms with van der Waals surface area (Å²) in [4.78, 5) is 0. The first-order chi connectivity index (χ1) is 12.8. The van der Waals surface area contributed by atoms with Gasteiger partial charge in [-0.25, -0.2) is 0 Å². The molecule has 0 N–H and O–H groups in total. The lowest BCUT2D eigenvalue weighted by Crippen LogP contribution is -2.05. The normalized spacial score (nSPS) is 12.4. The molecular formula is C26H52. The molecule has 0 aromatic heterocycles. The first-order valence-corrected chi connectivity index (χ1v) is 12.4. The van der Waals surface area contributed by atoms with Crippen LogP contribution >= 0.6 is 0 Å². The highest BCUT2D eigenvalue weighted by molar-refractivity contribution is 5.00. The van der Waals surface area contributed by atoms with Gasteiger partial charge in [-0.2, -0.15) is 0 Å². The van der Waals surface area contributed by atoms with Crippen molar-refractivity contribution in [1.29, 1.82) is 0 Å². The van der Waals surface area contributed by atoms with Gasteiger partial charge in [0, 0.05) is 0 Å². The Morgan fingerprint density at radius 3 is 1.31 bits per heavy atom. The topological polar surface area (TPSA) is 0 Å². The van der Waals surface area contributed by atoms with Crippen LogP contribution in [-0.4, -0.2) is 0 Å². The Hall–Kier alpha value is -0.260. The van der Waals surface area contributed by atoms with Crippen LogP contribution in [0.5, 0.6) is 0 Å². The molecule has 0 saturated carbocycles. The number of hydrogen-bond acceptors (Lipinski definition) is 0. The Kier molecular flexibility index (Phi) is 20.8. The van der Waals surface area contributed by atoms with Crippen molar-refractivity contribution >= 4 is 0 Å². The van der Waals surface area contributed by atoms with E-state index in [0.29, 0.717) is 0 Å². The third-order valence-electron chi connectivity index (χ3n) is 5.99. The van der Waals surface area contributed by atoms with Gasteiger partial charge in [-0.1, -0.05) is 136 Å². The molecule has 0 aliphatic carbocycles. The summed E-state index contributed by atoms with van der Waals surface area (Å²) >= 11 is 0. The van der Waals surface area contributed by atoms with Crippen molar-refractivity contribution in [3.8, 4) is 0 Å². The van der Waals surface area contributed by atoms with Crippen LogP contribution in [0.4, 0.5) is 0 Å². The summed E-state index contributed by atoms with van der Waals surface area (Å²) < 4.78 is 0. The zero-order valence-electron chi connectivity index (χ0n) is 18.9. The molecular weight excluding hydrogens is 312 g/mol. The molecule has 0 spiro atoms. The average Bonchev–Trinajstić information content (AvgIpc) is 2.65. The van der Waals surface area contributed by atoms with Gasteiger partial charge in [-0.15, -0.1) is 0 Å². The second kappa shape index (κ2) is 21.0. The molecule has 0 amide bonds. The molecule has 26 heavy (non-hydrogen) atoms. The molecule has 0 rings (SSSR count). The molecule has 0 saturated heterocycles. The van der Waals surface area contributed by atoms with E-state index in [-0.39, 0.29) is 0 Å². The van der Waals surface area contributed by atoms with Crippen LogP contribution in [0.1, 0.15) is 149 Å². The average molecular weight is 365 g/mol. The van der Waals surface area contributed by atoms with Crippen molar-refractivity contribution in [2.24, 2.45) is 5.92 Å². The van der Waals surface area contributed by atoms with Crippen molar-refractivity contribution < 1.29 is 0 Å². The summed E-state index contributed by atoms with van der Waals surface area (Å²) in [5, 5.41) is 0. The second-order valence-electron chi connectivity index (χ2n) is 8.63. The molecule has 0 bridgehead atoms. The van der Waals surface area contributed by atoms with Gasteiger partial charge >= 0.3 is 0 Å². The van der Waals surface area contributed by atoms with E-state index in [0.717, 1.165) is 5.92 Å². The van der Waals surface area contributed by atoms with Crippen LogP contribution in [0.25, 0.3) is 0 Å². The molecule has 0 aromatic carbocycles. The summed E-state index contributed by atoms with van der Waals surface area (Å²) in [6.45, 7) is 11.4. The van der Waals surface area contributed by atoms with Gasteiger partial charge in [0.25, 0.3) is 0 Å². The Morgan fingerprint density at radius 2 is 0.846 bits per heavy atom. The van der Waals surface area contributed by atoms with Gasteiger partial charge in [-0.3, -0.25) is 0 Å². The first kappa shape index (κ1) is 25.7. The largest absolute Gasteiger partial charge is 0.0996 e. The molecule has 0 aromatic rings. The molecule has 0 nitrogen and oxygen atoms in total. The first-order valence-electron chi connectivity index (χ1n) is 12.4. The fourth-order valence-electron chi connectivity index (χ4n) is 4.05. The predicted octanol–water partition coefficient (Wildman–Crippen LogP) is 10.0. The van der Waals surface area contributed by atoms with Crippen molar-refractivity contribution in [2.75, 3.05) is 0 Å². The van der Waals surface area contributed by atoms with Gasteiger partial charge < -0.3 is 0 Å². The van der Waals surface area contributed by atoms with Gasteiger partial charge in [0.15, 0.2) is 0 Å². The molecule has 0 heteroatoms. The smallest absolute Gasteiger partial charge is 0.0206 e. The van der Waals surface area contributed by atoms with E-state index < -0.39 is 0 Å². The minimum atomic E-state index is 0.818. The van der Waals surface area contributed by atoms with E-state index >= 15 is 0 Å². The quantitative estimate of drug-likeness (QED) is 0.140. The fraction of sp³-hybridized carbons (Fsp3) is 0.923. The summed E-state index contributed by atoms with van der Waals surface area (Å²) in [6.07, 6.45) is 28.1. The predicted molar refractivity (Wildman–Crippen MR) is 122 cm³/mol. The van der Waals surface area contributed by atoms with Crippen LogP contribution in [0.2, 0.25) is 0 Å². The van der Waals surface area contributed by atoms with Crippen molar-refractivity contribution in [3.05, 3.63) is 12.2 Å². The van der Waals surface area contributed by atoms with Crippen LogP contribution in [0.15, 0.2) is 12.2 Å². The van der Waals surface area contributed by atoms with Crippen molar-refractivity contribution in [1.82, 2.24) is 0 Å². The third-order valence-corrected chi connectivity index (χ3v) is 5.99. The minimum absolute atomic E-state index is 0.818. The van der Waals surface area contributed by atoms with E-state index in [1.807, 2.05) is 0 Å². The standard InChI is InChI=1S/C26H52/c1-5-8-11-14-16-17-19-22-25(4)26(23-20-13-10-7-3)24-21-18-15-12-9-6-2/h26H,4-24H2,1-3H3. The van der Waals surface area contributed by atoms with E-state index in [1.165, 1.54) is 128 Å². The highest BCUT2D eigenvalue weighted by atomic mass is 14.2. The summed E-state index contributed by atoms with van der Waals surface area (Å²) in [5.41, 5.74) is 1.59. The third kappa shape index (κ3) is 17.2. The fourth-order valence-corrected chi connectivity index (χ4v) is 4.05. The molecule has 1 unspecified atom stereocenters. The Morgan fingerprint density at radius 1 is 0.500 bits per heavy atom. The van der Waals surface area contributed by atoms with Crippen LogP contribution < -0.4 is 0 Å². The summed E-state index contributed by atoms with van der Waals surface area (Å²) in [6, 6.07) is 0.